The number of hydrogen-bond acceptors (Lipinski definition) is 13. The number of carbonyl (C=O) groups is 4. The van der Waals surface area contributed by atoms with Crippen LogP contribution in [0.5, 0.6) is 0 Å². The minimum Gasteiger partial charge on any atom is -0.461 e. The zero-order valence-corrected chi connectivity index (χ0v) is 42.5. The summed E-state index contributed by atoms with van der Waals surface area (Å²) in [6, 6.07) is -1.70. The largest absolute Gasteiger partial charge is 0.461 e. The van der Waals surface area contributed by atoms with Crippen LogP contribution < -0.4 is 0 Å². The topological polar surface area (TPSA) is 207 Å². The quantitative estimate of drug-likeness (QED) is 0.174. The smallest absolute Gasteiger partial charge is 0.329 e. The fourth-order valence-corrected chi connectivity index (χ4v) is 13.9. The Labute approximate surface area is 404 Å². The van der Waals surface area contributed by atoms with Crippen LogP contribution in [0.1, 0.15) is 125 Å². The van der Waals surface area contributed by atoms with Crippen molar-refractivity contribution in [2.24, 2.45) is 41.4 Å². The molecular formula is C52H80N2O13S. The lowest BCUT2D eigenvalue weighted by Crippen LogP contribution is -2.61. The maximum Gasteiger partial charge on any atom is 0.329 e. The summed E-state index contributed by atoms with van der Waals surface area (Å²) in [4.78, 5) is 58.3. The summed E-state index contributed by atoms with van der Waals surface area (Å²) >= 11 is 0. The van der Waals surface area contributed by atoms with Crippen LogP contribution in [0.4, 0.5) is 0 Å². The standard InChI is InChI=1S/C52H80N2O13S/c1-31-13-10-9-11-14-33(3)41(54-22-12-24-68(54,62)63)30-39-18-16-36(6)52(61,67-39)49(58)50(59)53-23-21-38-29-42(53)51(60)66-44(40(38)27-37-17-19-43(55)45(28-37)64-7)20-15-32(2)26-35(5)47(57)48(65-8)46(56)34(4)25-31/h9-11,13-14,26,31-32,34,36-45,47-48,55,57,61H,12,15-25,27-30H2,1-8H3/b11-9+,13-10+,33-14?,35-26+/t31-,32+,34-,36-,37+,38?,39+,40+,41?,42+,43-,44+,45-,47-,48+,52-/m1/s1. The number of amides is 1. The Morgan fingerprint density at radius 2 is 1.56 bits per heavy atom. The van der Waals surface area contributed by atoms with Gasteiger partial charge in [-0.1, -0.05) is 69.7 Å². The minimum absolute atomic E-state index is 0.00280. The maximum atomic E-state index is 14.5. The summed E-state index contributed by atoms with van der Waals surface area (Å²) < 4.78 is 52.2. The van der Waals surface area contributed by atoms with E-state index in [4.69, 9.17) is 18.9 Å². The first-order chi connectivity index (χ1) is 32.2. The van der Waals surface area contributed by atoms with E-state index in [0.29, 0.717) is 69.9 Å². The minimum atomic E-state index is -3.60. The Morgan fingerprint density at radius 3 is 2.25 bits per heavy atom. The van der Waals surface area contributed by atoms with Crippen LogP contribution >= 0.6 is 0 Å². The average molecular weight is 973 g/mol. The molecule has 5 aliphatic heterocycles. The van der Waals surface area contributed by atoms with Crippen molar-refractivity contribution in [3.63, 3.8) is 0 Å². The van der Waals surface area contributed by atoms with Crippen LogP contribution in [0.3, 0.4) is 0 Å². The Kier molecular flexibility index (Phi) is 18.7. The monoisotopic (exact) mass is 973 g/mol. The molecule has 4 saturated heterocycles. The van der Waals surface area contributed by atoms with Crippen molar-refractivity contribution in [2.75, 3.05) is 33.1 Å². The predicted octanol–water partition coefficient (Wildman–Crippen LogP) is 5.61. The summed E-state index contributed by atoms with van der Waals surface area (Å²) in [6.07, 6.45) is 13.4. The number of aliphatic hydroxyl groups is 3. The molecule has 6 rings (SSSR count). The second-order valence-corrected chi connectivity index (χ2v) is 23.3. The molecule has 0 radical (unpaired) electrons. The van der Waals surface area contributed by atoms with Gasteiger partial charge in [-0.2, -0.15) is 4.31 Å². The SMILES string of the molecule is CO[C@@H]1C[C@H](C[C@H]2C3CCN4C(=O)C(=O)[C@]5(O)O[C@@H](CC[C@H]5C)CC(N5CCCS5(=O)=O)C(C)=C/C=C/C=C/[C@@H](C)C[C@@H](C)C(=O)[C@H](OC)[C@H](O)/C(C)=C/[C@@H](C)CC[C@@H]2OC(=O)[C@@H]4C3)CC[C@H]1O. The number of hydrogen-bond donors (Lipinski definition) is 3. The van der Waals surface area contributed by atoms with Gasteiger partial charge in [-0.15, -0.1) is 0 Å². The molecule has 5 fully saturated rings. The van der Waals surface area contributed by atoms with Crippen molar-refractivity contribution >= 4 is 33.5 Å². The number of fused-ring (bicyclic) bond motifs is 5. The third-order valence-electron chi connectivity index (χ3n) is 16.2. The molecule has 16 heteroatoms. The van der Waals surface area contributed by atoms with E-state index in [1.807, 2.05) is 64.2 Å². The van der Waals surface area contributed by atoms with Gasteiger partial charge in [-0.3, -0.25) is 14.4 Å². The highest BCUT2D eigenvalue weighted by molar-refractivity contribution is 7.89. The lowest BCUT2D eigenvalue weighted by atomic mass is 9.71. The van der Waals surface area contributed by atoms with Gasteiger partial charge in [0.1, 0.15) is 24.4 Å². The number of allylic oxidation sites excluding steroid dienone is 6. The highest BCUT2D eigenvalue weighted by atomic mass is 32.2. The van der Waals surface area contributed by atoms with Gasteiger partial charge in [0.15, 0.2) is 5.78 Å². The third-order valence-corrected chi connectivity index (χ3v) is 18.2. The molecule has 1 saturated carbocycles. The molecule has 5 heterocycles. The van der Waals surface area contributed by atoms with Crippen molar-refractivity contribution in [3.8, 4) is 0 Å². The van der Waals surface area contributed by atoms with E-state index in [-0.39, 0.29) is 66.6 Å². The molecule has 1 amide bonds. The van der Waals surface area contributed by atoms with Gasteiger partial charge < -0.3 is 39.2 Å². The van der Waals surface area contributed by atoms with Crippen LogP contribution in [0.2, 0.25) is 0 Å². The molecule has 3 N–H and O–H groups in total. The van der Waals surface area contributed by atoms with E-state index in [9.17, 15) is 42.9 Å². The van der Waals surface area contributed by atoms with Crippen LogP contribution in [-0.4, -0.2) is 144 Å². The number of ether oxygens (including phenoxy) is 4. The predicted molar refractivity (Wildman–Crippen MR) is 256 cm³/mol. The second kappa shape index (κ2) is 23.4. The zero-order valence-electron chi connectivity index (χ0n) is 41.7. The molecule has 0 aromatic heterocycles. The molecule has 16 atom stereocenters. The maximum absolute atomic E-state index is 14.5. The van der Waals surface area contributed by atoms with E-state index in [1.54, 1.807) is 21.0 Å². The van der Waals surface area contributed by atoms with Crippen molar-refractivity contribution in [2.45, 2.75) is 180 Å². The van der Waals surface area contributed by atoms with Gasteiger partial charge in [0.05, 0.1) is 24.1 Å². The normalized spacial score (nSPS) is 42.8. The van der Waals surface area contributed by atoms with Crippen LogP contribution in [0.15, 0.2) is 47.6 Å². The van der Waals surface area contributed by atoms with Crippen molar-refractivity contribution in [3.05, 3.63) is 47.6 Å². The number of carbonyl (C=O) groups excluding carboxylic acids is 4. The Morgan fingerprint density at radius 1 is 0.809 bits per heavy atom. The zero-order chi connectivity index (χ0) is 49.7. The van der Waals surface area contributed by atoms with Gasteiger partial charge in [-0.05, 0) is 132 Å². The van der Waals surface area contributed by atoms with Crippen molar-refractivity contribution in [1.29, 1.82) is 0 Å². The molecule has 6 aliphatic rings. The van der Waals surface area contributed by atoms with Crippen molar-refractivity contribution in [1.82, 2.24) is 9.21 Å². The highest BCUT2D eigenvalue weighted by Gasteiger charge is 2.55. The van der Waals surface area contributed by atoms with Gasteiger partial charge in [-0.25, -0.2) is 13.2 Å². The Balaban J connectivity index is 1.33. The average Bonchev–Trinajstić information content (AvgIpc) is 3.62. The van der Waals surface area contributed by atoms with Gasteiger partial charge >= 0.3 is 5.97 Å². The molecule has 15 nitrogen and oxygen atoms in total. The number of aliphatic hydroxyl groups excluding tert-OH is 2. The summed E-state index contributed by atoms with van der Waals surface area (Å²) in [5.74, 6) is -6.64. The number of piperidine rings is 1. The summed E-state index contributed by atoms with van der Waals surface area (Å²) in [5.41, 5.74) is 1.33. The summed E-state index contributed by atoms with van der Waals surface area (Å²) in [7, 11) is -0.564. The van der Waals surface area contributed by atoms with Crippen molar-refractivity contribution < 1.29 is 61.9 Å². The highest BCUT2D eigenvalue weighted by Crippen LogP contribution is 2.44. The van der Waals surface area contributed by atoms with Crippen LogP contribution in [-0.2, 0) is 48.1 Å². The first-order valence-electron chi connectivity index (χ1n) is 25.3. The Hall–Kier alpha value is -3.09. The fraction of sp³-hybridized carbons (Fsp3) is 0.769. The van der Waals surface area contributed by atoms with Gasteiger partial charge in [0.25, 0.3) is 11.7 Å². The molecule has 382 valence electrons. The van der Waals surface area contributed by atoms with Crippen LogP contribution in [0, 0.1) is 41.4 Å². The molecular weight excluding hydrogens is 893 g/mol. The molecule has 0 spiro atoms. The molecule has 0 aromatic carbocycles. The van der Waals surface area contributed by atoms with Gasteiger partial charge in [0, 0.05) is 45.2 Å². The lowest BCUT2D eigenvalue weighted by Gasteiger charge is -2.44. The first kappa shape index (κ1) is 54.2. The molecule has 1 aliphatic carbocycles. The first-order valence-corrected chi connectivity index (χ1v) is 26.9. The molecule has 0 aromatic rings. The van der Waals surface area contributed by atoms with E-state index in [2.05, 4.69) is 0 Å². The number of Topliss-reactive ketones (excluding diaryl/α,β-unsaturated/α-hetero) is 2. The number of nitrogens with zero attached hydrogens (tertiary/aromatic N) is 2. The number of esters is 1. The summed E-state index contributed by atoms with van der Waals surface area (Å²) in [5, 5.41) is 34.3. The van der Waals surface area contributed by atoms with E-state index >= 15 is 0 Å². The number of ketones is 2. The van der Waals surface area contributed by atoms with E-state index in [0.717, 1.165) is 18.4 Å². The molecule has 5 bridgehead atoms. The number of methoxy groups -OCH3 is 2. The second-order valence-electron chi connectivity index (χ2n) is 21.2. The molecule has 68 heavy (non-hydrogen) atoms. The number of rotatable bonds is 5. The lowest BCUT2D eigenvalue weighted by molar-refractivity contribution is -0.264. The van der Waals surface area contributed by atoms with Gasteiger partial charge in [0.2, 0.25) is 15.8 Å². The van der Waals surface area contributed by atoms with E-state index in [1.165, 1.54) is 16.3 Å². The fourth-order valence-electron chi connectivity index (χ4n) is 12.1. The Bertz CT molecular complexity index is 2040. The van der Waals surface area contributed by atoms with E-state index < -0.39 is 87.9 Å². The number of sulfonamides is 1. The third kappa shape index (κ3) is 12.5. The summed E-state index contributed by atoms with van der Waals surface area (Å²) in [6.45, 7) is 11.6. The van der Waals surface area contributed by atoms with Crippen LogP contribution in [0.25, 0.3) is 0 Å². The molecule has 2 unspecified atom stereocenters.